The third-order valence-electron chi connectivity index (χ3n) is 6.89. The summed E-state index contributed by atoms with van der Waals surface area (Å²) in [6.07, 6.45) is -1.96. The third-order valence-corrected chi connectivity index (χ3v) is 7.13. The van der Waals surface area contributed by atoms with Crippen LogP contribution in [0.25, 0.3) is 11.0 Å². The molecular weight excluding hydrogens is 605 g/mol. The van der Waals surface area contributed by atoms with Gasteiger partial charge in [0.05, 0.1) is 6.54 Å². The molecule has 0 aliphatic carbocycles. The molecule has 5 rings (SSSR count). The van der Waals surface area contributed by atoms with Gasteiger partial charge in [0, 0.05) is 60.7 Å². The van der Waals surface area contributed by atoms with Crippen molar-refractivity contribution in [1.29, 1.82) is 0 Å². The molecule has 1 aliphatic heterocycles. The molecule has 0 unspecified atom stereocenters. The summed E-state index contributed by atoms with van der Waals surface area (Å²) in [6, 6.07) is 11.3. The molecule has 230 valence electrons. The number of nitrogens with one attached hydrogen (secondary N) is 2. The fourth-order valence-electron chi connectivity index (χ4n) is 4.64. The van der Waals surface area contributed by atoms with Crippen LogP contribution in [-0.2, 0) is 22.2 Å². The van der Waals surface area contributed by atoms with Gasteiger partial charge < -0.3 is 24.7 Å². The van der Waals surface area contributed by atoms with E-state index in [9.17, 15) is 27.6 Å². The van der Waals surface area contributed by atoms with Gasteiger partial charge in [0.2, 0.25) is 17.7 Å². The topological polar surface area (TPSA) is 140 Å². The molecule has 1 fully saturated rings. The molecule has 2 N–H and O–H groups in total. The number of carbonyl (C=O) groups excluding carboxylic acids is 3. The second-order valence-corrected chi connectivity index (χ2v) is 10.4. The summed E-state index contributed by atoms with van der Waals surface area (Å²) in [5.74, 6) is -1.81. The summed E-state index contributed by atoms with van der Waals surface area (Å²) >= 11 is 6.02. The minimum absolute atomic E-state index is 0.0150. The Morgan fingerprint density at radius 3 is 2.59 bits per heavy atom. The van der Waals surface area contributed by atoms with Crippen LogP contribution in [0.5, 0.6) is 5.88 Å². The molecule has 1 atom stereocenters. The van der Waals surface area contributed by atoms with E-state index in [4.69, 9.17) is 20.8 Å². The van der Waals surface area contributed by atoms with E-state index in [1.54, 1.807) is 42.6 Å². The van der Waals surface area contributed by atoms with Crippen molar-refractivity contribution in [2.24, 2.45) is 0 Å². The molecule has 44 heavy (non-hydrogen) atoms. The zero-order valence-corrected chi connectivity index (χ0v) is 23.8. The number of piperidine rings is 1. The molecule has 1 saturated heterocycles. The van der Waals surface area contributed by atoms with Gasteiger partial charge in [-0.1, -0.05) is 17.7 Å². The predicted octanol–water partition coefficient (Wildman–Crippen LogP) is 3.82. The first kappa shape index (κ1) is 30.7. The highest BCUT2D eigenvalue weighted by Crippen LogP contribution is 2.29. The van der Waals surface area contributed by atoms with Crippen molar-refractivity contribution in [3.05, 3.63) is 83.2 Å². The molecule has 4 aromatic rings. The monoisotopic (exact) mass is 630 g/mol. The van der Waals surface area contributed by atoms with E-state index in [-0.39, 0.29) is 43.6 Å². The first-order valence-corrected chi connectivity index (χ1v) is 13.9. The Balaban J connectivity index is 1.16. The van der Waals surface area contributed by atoms with E-state index in [0.717, 1.165) is 12.4 Å². The first-order chi connectivity index (χ1) is 21.0. The Labute approximate surface area is 253 Å². The zero-order valence-electron chi connectivity index (χ0n) is 23.0. The van der Waals surface area contributed by atoms with Gasteiger partial charge >= 0.3 is 6.18 Å². The van der Waals surface area contributed by atoms with Gasteiger partial charge in [0.25, 0.3) is 5.91 Å². The zero-order chi connectivity index (χ0) is 31.3. The Morgan fingerprint density at radius 2 is 1.86 bits per heavy atom. The maximum atomic E-state index is 13.2. The van der Waals surface area contributed by atoms with Crippen LogP contribution in [-0.4, -0.2) is 69.4 Å². The van der Waals surface area contributed by atoms with Gasteiger partial charge in [-0.2, -0.15) is 13.2 Å². The molecule has 15 heteroatoms. The number of aromatic nitrogens is 3. The quantitative estimate of drug-likeness (QED) is 0.285. The van der Waals surface area contributed by atoms with Crippen molar-refractivity contribution in [2.45, 2.75) is 37.6 Å². The second-order valence-electron chi connectivity index (χ2n) is 10.00. The van der Waals surface area contributed by atoms with Crippen molar-refractivity contribution in [3.63, 3.8) is 0 Å². The summed E-state index contributed by atoms with van der Waals surface area (Å²) in [7, 11) is 0. The highest BCUT2D eigenvalue weighted by Gasteiger charge is 2.34. The SMILES string of the molecule is O=C(N[C@@H](Cc1ccccn1)C(=O)NCC(=O)N1CCC(Oc2cc(C(F)(F)F)ncn2)CC1)c1cc2cc(Cl)ccc2o1. The Bertz CT molecular complexity index is 1640. The predicted molar refractivity (Wildman–Crippen MR) is 151 cm³/mol. The molecule has 4 heterocycles. The molecule has 11 nitrogen and oxygen atoms in total. The van der Waals surface area contributed by atoms with Crippen molar-refractivity contribution < 1.29 is 36.7 Å². The molecule has 0 saturated carbocycles. The lowest BCUT2D eigenvalue weighted by molar-refractivity contribution is -0.141. The summed E-state index contributed by atoms with van der Waals surface area (Å²) < 4.78 is 49.9. The summed E-state index contributed by atoms with van der Waals surface area (Å²) in [4.78, 5) is 51.8. The average Bonchev–Trinajstić information content (AvgIpc) is 3.43. The second kappa shape index (κ2) is 13.3. The van der Waals surface area contributed by atoms with E-state index in [1.165, 1.54) is 11.0 Å². The highest BCUT2D eigenvalue weighted by molar-refractivity contribution is 6.31. The van der Waals surface area contributed by atoms with E-state index < -0.39 is 35.8 Å². The molecule has 0 radical (unpaired) electrons. The number of alkyl halides is 3. The molecular formula is C29H26ClF3N6O5. The first-order valence-electron chi connectivity index (χ1n) is 13.6. The number of benzene rings is 1. The van der Waals surface area contributed by atoms with Gasteiger partial charge in [0.1, 0.15) is 24.1 Å². The fraction of sp³-hybridized carbons (Fsp3) is 0.310. The van der Waals surface area contributed by atoms with Gasteiger partial charge in [-0.3, -0.25) is 19.4 Å². The summed E-state index contributed by atoms with van der Waals surface area (Å²) in [5, 5.41) is 6.35. The molecule has 3 amide bonds. The number of furan rings is 1. The normalized spacial score (nSPS) is 14.7. The molecule has 1 aromatic carbocycles. The van der Waals surface area contributed by atoms with Crippen molar-refractivity contribution in [2.75, 3.05) is 19.6 Å². The van der Waals surface area contributed by atoms with Crippen LogP contribution in [0.4, 0.5) is 13.2 Å². The van der Waals surface area contributed by atoms with Crippen LogP contribution in [0.15, 0.2) is 65.5 Å². The number of fused-ring (bicyclic) bond motifs is 1. The Kier molecular flexibility index (Phi) is 9.28. The Hall–Kier alpha value is -4.72. The molecule has 0 bridgehead atoms. The van der Waals surface area contributed by atoms with Crippen LogP contribution < -0.4 is 15.4 Å². The number of halogens is 4. The lowest BCUT2D eigenvalue weighted by Crippen LogP contribution is -2.51. The number of amides is 3. The van der Waals surface area contributed by atoms with Crippen LogP contribution in [0.2, 0.25) is 5.02 Å². The van der Waals surface area contributed by atoms with Crippen LogP contribution in [0.3, 0.4) is 0 Å². The number of hydrogen-bond acceptors (Lipinski definition) is 8. The van der Waals surface area contributed by atoms with Crippen LogP contribution in [0, 0.1) is 0 Å². The maximum absolute atomic E-state index is 13.2. The number of ether oxygens (including phenoxy) is 1. The van der Waals surface area contributed by atoms with E-state index in [1.807, 2.05) is 0 Å². The summed E-state index contributed by atoms with van der Waals surface area (Å²) in [5.41, 5.74) is -0.109. The van der Waals surface area contributed by atoms with Crippen molar-refractivity contribution in [3.8, 4) is 5.88 Å². The minimum Gasteiger partial charge on any atom is -0.474 e. The van der Waals surface area contributed by atoms with Crippen LogP contribution >= 0.6 is 11.6 Å². The average molecular weight is 631 g/mol. The third kappa shape index (κ3) is 7.81. The molecule has 0 spiro atoms. The van der Waals surface area contributed by atoms with E-state index >= 15 is 0 Å². The van der Waals surface area contributed by atoms with Crippen molar-refractivity contribution in [1.82, 2.24) is 30.5 Å². The maximum Gasteiger partial charge on any atom is 0.433 e. The standard InChI is InChI=1S/C29H26ClF3N6O5/c30-18-4-5-22-17(11-18)12-23(44-22)28(42)38-21(13-19-3-1-2-8-34-19)27(41)35-15-26(40)39-9-6-20(7-10-39)43-25-14-24(29(31,32)33)36-16-37-25/h1-5,8,11-12,14,16,20-21H,6-7,9-10,13,15H2,(H,35,41)(H,38,42)/t21-/m0/s1. The highest BCUT2D eigenvalue weighted by atomic mass is 35.5. The van der Waals surface area contributed by atoms with E-state index in [0.29, 0.717) is 34.5 Å². The van der Waals surface area contributed by atoms with Crippen LogP contribution in [0.1, 0.15) is 34.8 Å². The minimum atomic E-state index is -4.62. The smallest absolute Gasteiger partial charge is 0.433 e. The lowest BCUT2D eigenvalue weighted by atomic mass is 10.1. The van der Waals surface area contributed by atoms with Gasteiger partial charge in [0.15, 0.2) is 11.5 Å². The van der Waals surface area contributed by atoms with E-state index in [2.05, 4.69) is 25.6 Å². The molecule has 1 aliphatic rings. The van der Waals surface area contributed by atoms with Gasteiger partial charge in [-0.05, 0) is 36.4 Å². The van der Waals surface area contributed by atoms with Gasteiger partial charge in [-0.25, -0.2) is 9.97 Å². The van der Waals surface area contributed by atoms with Crippen molar-refractivity contribution >= 4 is 40.3 Å². The number of carbonyl (C=O) groups is 3. The number of rotatable bonds is 9. The summed E-state index contributed by atoms with van der Waals surface area (Å²) in [6.45, 7) is 0.199. The number of hydrogen-bond donors (Lipinski definition) is 2. The fourth-order valence-corrected chi connectivity index (χ4v) is 4.82. The largest absolute Gasteiger partial charge is 0.474 e. The number of nitrogens with zero attached hydrogens (tertiary/aromatic N) is 4. The number of pyridine rings is 1. The Morgan fingerprint density at radius 1 is 1.07 bits per heavy atom. The number of likely N-dealkylation sites (tertiary alicyclic amines) is 1. The van der Waals surface area contributed by atoms with Gasteiger partial charge in [-0.15, -0.1) is 0 Å². The lowest BCUT2D eigenvalue weighted by Gasteiger charge is -2.32. The molecule has 3 aromatic heterocycles.